The number of rotatable bonds is 7. The van der Waals surface area contributed by atoms with Crippen LogP contribution in [0.4, 0.5) is 13.2 Å². The largest absolute Gasteiger partial charge is 0.466 e. The van der Waals surface area contributed by atoms with Crippen LogP contribution in [0.1, 0.15) is 18.9 Å². The molecule has 0 aliphatic heterocycles. The molecule has 0 unspecified atom stereocenters. The lowest BCUT2D eigenvalue weighted by Crippen LogP contribution is -2.19. The SMILES string of the molecule is CCOC(=O)CCNCc1ccc(SC(F)(F)F)cc1. The zero-order chi connectivity index (χ0) is 15.0. The molecule has 1 aromatic rings. The summed E-state index contributed by atoms with van der Waals surface area (Å²) in [5.74, 6) is -0.267. The average Bonchev–Trinajstić information content (AvgIpc) is 2.35. The molecule has 0 aliphatic carbocycles. The lowest BCUT2D eigenvalue weighted by molar-refractivity contribution is -0.142. The van der Waals surface area contributed by atoms with Crippen LogP contribution in [0.5, 0.6) is 0 Å². The molecule has 0 aliphatic rings. The van der Waals surface area contributed by atoms with Gasteiger partial charge in [0.25, 0.3) is 0 Å². The summed E-state index contributed by atoms with van der Waals surface area (Å²) in [5, 5.41) is 3.03. The molecule has 0 heterocycles. The number of alkyl halides is 3. The number of esters is 1. The lowest BCUT2D eigenvalue weighted by Gasteiger charge is -2.07. The summed E-state index contributed by atoms with van der Waals surface area (Å²) >= 11 is -0.134. The van der Waals surface area contributed by atoms with Crippen LogP contribution in [0.3, 0.4) is 0 Å². The summed E-state index contributed by atoms with van der Waals surface area (Å²) in [6.07, 6.45) is 0.274. The van der Waals surface area contributed by atoms with E-state index < -0.39 is 5.51 Å². The normalized spacial score (nSPS) is 11.4. The molecule has 0 aromatic heterocycles. The van der Waals surface area contributed by atoms with E-state index in [0.29, 0.717) is 19.7 Å². The number of thioether (sulfide) groups is 1. The van der Waals surface area contributed by atoms with Gasteiger partial charge in [0.15, 0.2) is 0 Å². The molecule has 3 nitrogen and oxygen atoms in total. The van der Waals surface area contributed by atoms with Crippen LogP contribution < -0.4 is 5.32 Å². The predicted octanol–water partition coefficient (Wildman–Crippen LogP) is 3.34. The zero-order valence-electron chi connectivity index (χ0n) is 11.0. The Morgan fingerprint density at radius 3 is 2.50 bits per heavy atom. The summed E-state index contributed by atoms with van der Waals surface area (Å²) in [6, 6.07) is 6.12. The van der Waals surface area contributed by atoms with Crippen molar-refractivity contribution in [3.05, 3.63) is 29.8 Å². The van der Waals surface area contributed by atoms with E-state index in [-0.39, 0.29) is 29.0 Å². The van der Waals surface area contributed by atoms with Crippen LogP contribution in [0.25, 0.3) is 0 Å². The Morgan fingerprint density at radius 1 is 1.30 bits per heavy atom. The summed E-state index contributed by atoms with van der Waals surface area (Å²) in [4.78, 5) is 11.2. The maximum atomic E-state index is 12.1. The Hall–Kier alpha value is -1.21. The Balaban J connectivity index is 2.30. The Labute approximate surface area is 119 Å². The second-order valence-corrected chi connectivity index (χ2v) is 5.06. The molecule has 112 valence electrons. The molecule has 1 N–H and O–H groups in total. The number of nitrogens with one attached hydrogen (secondary N) is 1. The molecule has 0 amide bonds. The van der Waals surface area contributed by atoms with Crippen molar-refractivity contribution in [2.75, 3.05) is 13.2 Å². The maximum Gasteiger partial charge on any atom is 0.446 e. The van der Waals surface area contributed by atoms with Crippen molar-refractivity contribution < 1.29 is 22.7 Å². The molecule has 1 rings (SSSR count). The molecule has 20 heavy (non-hydrogen) atoms. The van der Waals surface area contributed by atoms with Gasteiger partial charge in [0, 0.05) is 18.0 Å². The fourth-order valence-electron chi connectivity index (χ4n) is 1.47. The van der Waals surface area contributed by atoms with E-state index in [1.165, 1.54) is 12.1 Å². The third-order valence-corrected chi connectivity index (χ3v) is 3.04. The van der Waals surface area contributed by atoms with Gasteiger partial charge in [0.2, 0.25) is 0 Å². The van der Waals surface area contributed by atoms with Gasteiger partial charge in [-0.3, -0.25) is 4.79 Å². The van der Waals surface area contributed by atoms with Crippen LogP contribution in [-0.2, 0) is 16.1 Å². The van der Waals surface area contributed by atoms with Crippen LogP contribution in [0.2, 0.25) is 0 Å². The zero-order valence-corrected chi connectivity index (χ0v) is 11.8. The molecule has 0 saturated heterocycles. The quantitative estimate of drug-likeness (QED) is 0.476. The van der Waals surface area contributed by atoms with E-state index in [1.807, 2.05) is 0 Å². The third kappa shape index (κ3) is 7.40. The first kappa shape index (κ1) is 16.8. The average molecular weight is 307 g/mol. The molecule has 7 heteroatoms. The van der Waals surface area contributed by atoms with Crippen molar-refractivity contribution in [3.8, 4) is 0 Å². The van der Waals surface area contributed by atoms with Gasteiger partial charge < -0.3 is 10.1 Å². The number of benzene rings is 1. The fourth-order valence-corrected chi connectivity index (χ4v) is 2.00. The van der Waals surface area contributed by atoms with E-state index >= 15 is 0 Å². The number of hydrogen-bond donors (Lipinski definition) is 1. The first-order chi connectivity index (χ1) is 9.40. The van der Waals surface area contributed by atoms with Crippen LogP contribution in [-0.4, -0.2) is 24.6 Å². The van der Waals surface area contributed by atoms with Crippen molar-refractivity contribution >= 4 is 17.7 Å². The minimum absolute atomic E-state index is 0.134. The smallest absolute Gasteiger partial charge is 0.446 e. The van der Waals surface area contributed by atoms with Gasteiger partial charge in [0.1, 0.15) is 0 Å². The maximum absolute atomic E-state index is 12.1. The third-order valence-electron chi connectivity index (χ3n) is 2.30. The number of ether oxygens (including phenoxy) is 1. The molecule has 0 bridgehead atoms. The Morgan fingerprint density at radius 2 is 1.95 bits per heavy atom. The summed E-state index contributed by atoms with van der Waals surface area (Å²) in [6.45, 7) is 3.07. The lowest BCUT2D eigenvalue weighted by atomic mass is 10.2. The van der Waals surface area contributed by atoms with E-state index in [4.69, 9.17) is 4.74 Å². The Kier molecular flexibility index (Phi) is 6.87. The predicted molar refractivity (Wildman–Crippen MR) is 71.3 cm³/mol. The van der Waals surface area contributed by atoms with Gasteiger partial charge in [-0.25, -0.2) is 0 Å². The molecule has 0 saturated carbocycles. The van der Waals surface area contributed by atoms with E-state index in [2.05, 4.69) is 5.32 Å². The molecular weight excluding hydrogens is 291 g/mol. The summed E-state index contributed by atoms with van der Waals surface area (Å²) in [5.41, 5.74) is -3.40. The molecule has 0 radical (unpaired) electrons. The second kappa shape index (κ2) is 8.16. The standard InChI is InChI=1S/C13H16F3NO2S/c1-2-19-12(18)7-8-17-9-10-3-5-11(6-4-10)20-13(14,15)16/h3-6,17H,2,7-9H2,1H3. The van der Waals surface area contributed by atoms with Crippen molar-refractivity contribution in [3.63, 3.8) is 0 Å². The molecule has 0 fully saturated rings. The molecule has 0 spiro atoms. The van der Waals surface area contributed by atoms with E-state index in [0.717, 1.165) is 5.56 Å². The topological polar surface area (TPSA) is 38.3 Å². The van der Waals surface area contributed by atoms with Gasteiger partial charge in [-0.15, -0.1) is 0 Å². The molecular formula is C13H16F3NO2S. The molecule has 1 aromatic carbocycles. The van der Waals surface area contributed by atoms with Crippen molar-refractivity contribution in [2.45, 2.75) is 30.3 Å². The number of hydrogen-bond acceptors (Lipinski definition) is 4. The number of carbonyl (C=O) groups is 1. The highest BCUT2D eigenvalue weighted by molar-refractivity contribution is 8.00. The van der Waals surface area contributed by atoms with Crippen molar-refractivity contribution in [1.29, 1.82) is 0 Å². The fraction of sp³-hybridized carbons (Fsp3) is 0.462. The summed E-state index contributed by atoms with van der Waals surface area (Å²) in [7, 11) is 0. The van der Waals surface area contributed by atoms with Crippen molar-refractivity contribution in [1.82, 2.24) is 5.32 Å². The van der Waals surface area contributed by atoms with Crippen LogP contribution in [0, 0.1) is 0 Å². The number of halogens is 3. The minimum Gasteiger partial charge on any atom is -0.466 e. The monoisotopic (exact) mass is 307 g/mol. The molecule has 0 atom stereocenters. The van der Waals surface area contributed by atoms with Gasteiger partial charge in [-0.2, -0.15) is 13.2 Å². The van der Waals surface area contributed by atoms with Crippen molar-refractivity contribution in [2.24, 2.45) is 0 Å². The highest BCUT2D eigenvalue weighted by atomic mass is 32.2. The first-order valence-electron chi connectivity index (χ1n) is 6.11. The second-order valence-electron chi connectivity index (χ2n) is 3.92. The number of carbonyl (C=O) groups excluding carboxylic acids is 1. The Bertz CT molecular complexity index is 421. The van der Waals surface area contributed by atoms with Gasteiger partial charge in [-0.1, -0.05) is 12.1 Å². The van der Waals surface area contributed by atoms with E-state index in [1.54, 1.807) is 19.1 Å². The highest BCUT2D eigenvalue weighted by Gasteiger charge is 2.28. The van der Waals surface area contributed by atoms with Gasteiger partial charge in [-0.05, 0) is 36.4 Å². The van der Waals surface area contributed by atoms with Crippen LogP contribution in [0.15, 0.2) is 29.2 Å². The van der Waals surface area contributed by atoms with Gasteiger partial charge in [0.05, 0.1) is 13.0 Å². The van der Waals surface area contributed by atoms with Crippen LogP contribution >= 0.6 is 11.8 Å². The highest BCUT2D eigenvalue weighted by Crippen LogP contribution is 2.36. The summed E-state index contributed by atoms with van der Waals surface area (Å²) < 4.78 is 41.2. The van der Waals surface area contributed by atoms with Gasteiger partial charge >= 0.3 is 11.5 Å². The minimum atomic E-state index is -4.26. The van der Waals surface area contributed by atoms with E-state index in [9.17, 15) is 18.0 Å². The first-order valence-corrected chi connectivity index (χ1v) is 6.93.